The third kappa shape index (κ3) is 11.8. The zero-order valence-electron chi connectivity index (χ0n) is 41.0. The van der Waals surface area contributed by atoms with Crippen molar-refractivity contribution >= 4 is 11.9 Å². The number of ether oxygens (including phenoxy) is 7. The number of likely N-dealkylation sites (N-methyl/N-ethyl adjacent to an activating group) is 2. The van der Waals surface area contributed by atoms with Crippen LogP contribution in [0.25, 0.3) is 0 Å². The number of esters is 2. The summed E-state index contributed by atoms with van der Waals surface area (Å²) in [7, 11) is 12.9. The predicted octanol–water partition coefficient (Wildman–Crippen LogP) is 9.35. The first-order valence-corrected chi connectivity index (χ1v) is 23.4. The second-order valence-electron chi connectivity index (χ2n) is 18.8. The number of carbonyl (C=O) groups excluding carboxylic acids is 2. The Morgan fingerprint density at radius 1 is 0.585 bits per heavy atom. The molecule has 0 bridgehead atoms. The van der Waals surface area contributed by atoms with Crippen molar-refractivity contribution in [1.29, 1.82) is 0 Å². The molecular weight excluding hydrogens is 821 g/mol. The van der Waals surface area contributed by atoms with Crippen molar-refractivity contribution in [1.82, 2.24) is 0 Å². The first kappa shape index (κ1) is 49.2. The van der Waals surface area contributed by atoms with Gasteiger partial charge in [0, 0.05) is 36.8 Å². The van der Waals surface area contributed by atoms with Crippen molar-refractivity contribution < 1.29 is 51.7 Å². The molecule has 0 aliphatic carbocycles. The second kappa shape index (κ2) is 21.8. The average Bonchev–Trinajstić information content (AvgIpc) is 3.30. The Hall–Kier alpha value is -5.26. The molecule has 2 aliphatic rings. The van der Waals surface area contributed by atoms with Crippen LogP contribution in [0, 0.1) is 20.8 Å². The lowest BCUT2D eigenvalue weighted by atomic mass is 9.84. The first-order chi connectivity index (χ1) is 31.1. The molecule has 5 atom stereocenters. The number of nitrogens with zero attached hydrogens (tertiary/aromatic N) is 2. The van der Waals surface area contributed by atoms with E-state index in [0.717, 1.165) is 66.6 Å². The van der Waals surface area contributed by atoms with Crippen LogP contribution in [0.15, 0.2) is 60.7 Å². The van der Waals surface area contributed by atoms with Crippen LogP contribution in [0.4, 0.5) is 0 Å². The lowest BCUT2D eigenvalue weighted by Crippen LogP contribution is -2.53. The summed E-state index contributed by atoms with van der Waals surface area (Å²) >= 11 is 0. The van der Waals surface area contributed by atoms with Gasteiger partial charge in [0.05, 0.1) is 101 Å². The van der Waals surface area contributed by atoms with Gasteiger partial charge < -0.3 is 42.1 Å². The number of aryl methyl sites for hydroxylation is 3. The molecule has 0 saturated carbocycles. The number of rotatable bonds is 21. The van der Waals surface area contributed by atoms with Crippen molar-refractivity contribution in [3.63, 3.8) is 0 Å². The molecule has 0 fully saturated rings. The lowest BCUT2D eigenvalue weighted by molar-refractivity contribution is -0.940. The number of hydrogen-bond donors (Lipinski definition) is 0. The van der Waals surface area contributed by atoms with Gasteiger partial charge in [0.2, 0.25) is 0 Å². The van der Waals surface area contributed by atoms with Gasteiger partial charge in [-0.1, -0.05) is 24.3 Å². The number of benzene rings is 4. The molecule has 1 unspecified atom stereocenters. The van der Waals surface area contributed by atoms with E-state index < -0.39 is 0 Å². The molecular formula is C54H74N2O9+2. The molecule has 0 radical (unpaired) electrons. The predicted molar refractivity (Wildman–Crippen MR) is 254 cm³/mol. The highest BCUT2D eigenvalue weighted by Gasteiger charge is 2.42. The van der Waals surface area contributed by atoms with Gasteiger partial charge >= 0.3 is 11.9 Å². The summed E-state index contributed by atoms with van der Waals surface area (Å²) in [6.07, 6.45) is 6.04. The molecule has 65 heavy (non-hydrogen) atoms. The molecule has 0 saturated heterocycles. The zero-order valence-corrected chi connectivity index (χ0v) is 41.0. The maximum Gasteiger partial charge on any atom is 0.311 e. The van der Waals surface area contributed by atoms with Crippen LogP contribution in [0.2, 0.25) is 0 Å². The number of methoxy groups -OCH3 is 5. The van der Waals surface area contributed by atoms with E-state index in [9.17, 15) is 9.59 Å². The minimum absolute atomic E-state index is 0.0455. The van der Waals surface area contributed by atoms with E-state index in [1.807, 2.05) is 19.1 Å². The third-order valence-corrected chi connectivity index (χ3v) is 14.4. The van der Waals surface area contributed by atoms with Gasteiger partial charge in [-0.3, -0.25) is 9.59 Å². The minimum Gasteiger partial charge on any atom is -0.496 e. The fourth-order valence-corrected chi connectivity index (χ4v) is 10.1. The molecule has 4 aromatic carbocycles. The Morgan fingerprint density at radius 3 is 1.71 bits per heavy atom. The number of carbonyl (C=O) groups is 2. The first-order valence-electron chi connectivity index (χ1n) is 23.4. The minimum atomic E-state index is -0.242. The fourth-order valence-electron chi connectivity index (χ4n) is 10.1. The highest BCUT2D eigenvalue weighted by Crippen LogP contribution is 2.44. The summed E-state index contributed by atoms with van der Waals surface area (Å²) in [4.78, 5) is 26.6. The smallest absolute Gasteiger partial charge is 0.311 e. The van der Waals surface area contributed by atoms with E-state index >= 15 is 0 Å². The molecule has 352 valence electrons. The lowest BCUT2D eigenvalue weighted by Gasteiger charge is -2.46. The van der Waals surface area contributed by atoms with Crippen molar-refractivity contribution in [2.45, 2.75) is 104 Å². The van der Waals surface area contributed by atoms with Gasteiger partial charge in [-0.15, -0.1) is 0 Å². The Kier molecular flexibility index (Phi) is 16.5. The summed E-state index contributed by atoms with van der Waals surface area (Å²) < 4.78 is 41.4. The largest absolute Gasteiger partial charge is 0.496 e. The molecule has 11 nitrogen and oxygen atoms in total. The highest BCUT2D eigenvalue weighted by molar-refractivity contribution is 5.70. The van der Waals surface area contributed by atoms with E-state index in [1.165, 1.54) is 38.9 Å². The van der Waals surface area contributed by atoms with Crippen LogP contribution in [-0.4, -0.2) is 109 Å². The quantitative estimate of drug-likeness (QED) is 0.0461. The summed E-state index contributed by atoms with van der Waals surface area (Å²) in [6, 6.07) is 21.7. The third-order valence-electron chi connectivity index (χ3n) is 14.4. The van der Waals surface area contributed by atoms with Crippen LogP contribution >= 0.6 is 0 Å². The number of quaternary nitrogens is 2. The van der Waals surface area contributed by atoms with Crippen LogP contribution in [0.3, 0.4) is 0 Å². The molecule has 11 heteroatoms. The van der Waals surface area contributed by atoms with Gasteiger partial charge in [0.25, 0.3) is 0 Å². The summed E-state index contributed by atoms with van der Waals surface area (Å²) in [5.74, 6) is 3.31. The average molecular weight is 895 g/mol. The highest BCUT2D eigenvalue weighted by atomic mass is 16.5. The second-order valence-corrected chi connectivity index (χ2v) is 18.8. The molecule has 0 amide bonds. The van der Waals surface area contributed by atoms with E-state index in [1.54, 1.807) is 35.5 Å². The number of hydrogen-bond acceptors (Lipinski definition) is 9. The van der Waals surface area contributed by atoms with Gasteiger partial charge in [0.1, 0.15) is 17.8 Å². The van der Waals surface area contributed by atoms with Crippen molar-refractivity contribution in [2.75, 3.05) is 82.4 Å². The fraction of sp³-hybridized carbons (Fsp3) is 0.519. The van der Waals surface area contributed by atoms with Crippen LogP contribution < -0.4 is 23.7 Å². The molecule has 0 N–H and O–H groups in total. The van der Waals surface area contributed by atoms with Gasteiger partial charge in [-0.25, -0.2) is 0 Å². The van der Waals surface area contributed by atoms with E-state index in [4.69, 9.17) is 33.2 Å². The SMILES string of the molecule is COc1cc(C[C@@H]2c3cc(C)c(C)cc3CC[N@+]2(C)CCC(=O)OCCCCC(C)OC(=O)CC[N@@+]2(C)CCc3cc(OC)c(OC)cc3[C@H]2Cc2ccc(OC)c(OC)c2)ccc1C. The van der Waals surface area contributed by atoms with E-state index in [0.29, 0.717) is 72.9 Å². The molecule has 4 aromatic rings. The maximum atomic E-state index is 13.4. The molecule has 6 rings (SSSR count). The maximum absolute atomic E-state index is 13.4. The van der Waals surface area contributed by atoms with Crippen LogP contribution in [0.1, 0.15) is 101 Å². The van der Waals surface area contributed by atoms with Crippen molar-refractivity contribution in [2.24, 2.45) is 0 Å². The standard InChI is InChI=1S/C54H74N2O9/c1-36-15-16-40(32-49(36)60-8)30-46-44-29-38(3)37(2)28-42(44)19-23-55(46,5)25-21-53(57)64-27-13-12-14-39(4)65-54(58)22-26-56(6)24-20-43-34-51(62-10)52(63-11)35-45(43)47(56)31-41-17-18-48(59-7)50(33-41)61-9/h15-18,28-29,32-35,39,46-47H,12-14,19-27,30-31H2,1-11H3/q+2/t39?,46-,47-,55-,56-/m1/s1. The molecule has 0 aromatic heterocycles. The zero-order chi connectivity index (χ0) is 46.9. The Labute approximate surface area is 388 Å². The Bertz CT molecular complexity index is 2290. The van der Waals surface area contributed by atoms with Crippen molar-refractivity contribution in [3.8, 4) is 28.7 Å². The monoisotopic (exact) mass is 895 g/mol. The van der Waals surface area contributed by atoms with E-state index in [2.05, 4.69) is 83.4 Å². The number of unbranched alkanes of at least 4 members (excludes halogenated alkanes) is 1. The van der Waals surface area contributed by atoms with Gasteiger partial charge in [-0.2, -0.15) is 0 Å². The summed E-state index contributed by atoms with van der Waals surface area (Å²) in [6.45, 7) is 11.9. The topological polar surface area (TPSA) is 98.8 Å². The Balaban J connectivity index is 0.990. The molecule has 2 aliphatic heterocycles. The number of fused-ring (bicyclic) bond motifs is 2. The van der Waals surface area contributed by atoms with Crippen LogP contribution in [-0.2, 0) is 44.7 Å². The summed E-state index contributed by atoms with van der Waals surface area (Å²) in [5, 5.41) is 0. The van der Waals surface area contributed by atoms with Crippen LogP contribution in [0.5, 0.6) is 28.7 Å². The van der Waals surface area contributed by atoms with Crippen molar-refractivity contribution in [3.05, 3.63) is 111 Å². The van der Waals surface area contributed by atoms with E-state index in [-0.39, 0.29) is 30.1 Å². The van der Waals surface area contributed by atoms with Gasteiger partial charge in [-0.05, 0) is 122 Å². The summed E-state index contributed by atoms with van der Waals surface area (Å²) in [5.41, 5.74) is 11.3. The molecule has 2 heterocycles. The Morgan fingerprint density at radius 2 is 1.09 bits per heavy atom. The normalized spacial score (nSPS) is 20.5. The molecule has 0 spiro atoms. The van der Waals surface area contributed by atoms with Gasteiger partial charge in [0.15, 0.2) is 23.0 Å².